The maximum absolute atomic E-state index is 12.8. The predicted molar refractivity (Wildman–Crippen MR) is 110 cm³/mol. The fourth-order valence-corrected chi connectivity index (χ4v) is 5.52. The lowest BCUT2D eigenvalue weighted by molar-refractivity contribution is -0.122. The molecular weight excluding hydrogens is 350 g/mol. The second kappa shape index (κ2) is 7.76. The van der Waals surface area contributed by atoms with Crippen molar-refractivity contribution < 1.29 is 9.59 Å². The van der Waals surface area contributed by atoms with E-state index in [9.17, 15) is 9.59 Å². The number of hydrogen-bond acceptors (Lipinski definition) is 2. The normalized spacial score (nSPS) is 23.3. The molecule has 1 atom stereocenters. The van der Waals surface area contributed by atoms with Gasteiger partial charge in [-0.1, -0.05) is 24.3 Å². The van der Waals surface area contributed by atoms with Gasteiger partial charge in [-0.2, -0.15) is 0 Å². The largest absolute Gasteiger partial charge is 0.354 e. The highest BCUT2D eigenvalue weighted by atomic mass is 16.2. The minimum Gasteiger partial charge on any atom is -0.354 e. The van der Waals surface area contributed by atoms with Crippen molar-refractivity contribution in [2.24, 2.45) is 0 Å². The van der Waals surface area contributed by atoms with Gasteiger partial charge in [0.1, 0.15) is 0 Å². The molecule has 0 saturated carbocycles. The van der Waals surface area contributed by atoms with Crippen LogP contribution in [0.3, 0.4) is 0 Å². The summed E-state index contributed by atoms with van der Waals surface area (Å²) in [5.74, 6) is 0.435. The van der Waals surface area contributed by atoms with Crippen LogP contribution in [0.25, 0.3) is 0 Å². The summed E-state index contributed by atoms with van der Waals surface area (Å²) < 4.78 is 0. The van der Waals surface area contributed by atoms with Crippen molar-refractivity contribution in [3.05, 3.63) is 35.4 Å². The molecule has 2 fully saturated rings. The van der Waals surface area contributed by atoms with Gasteiger partial charge in [0.25, 0.3) is 0 Å². The van der Waals surface area contributed by atoms with E-state index in [1.54, 1.807) is 0 Å². The smallest absolute Gasteiger partial charge is 0.319 e. The minimum absolute atomic E-state index is 0.126. The Balaban J connectivity index is 1.46. The van der Waals surface area contributed by atoms with Gasteiger partial charge >= 0.3 is 6.03 Å². The maximum Gasteiger partial charge on any atom is 0.319 e. The summed E-state index contributed by atoms with van der Waals surface area (Å²) in [6, 6.07) is 9.09. The Morgan fingerprint density at radius 2 is 1.71 bits per heavy atom. The molecule has 0 unspecified atom stereocenters. The molecule has 1 spiro atoms. The first-order valence-electron chi connectivity index (χ1n) is 10.9. The van der Waals surface area contributed by atoms with Crippen LogP contribution in [-0.4, -0.2) is 54.0 Å². The van der Waals surface area contributed by atoms with Crippen LogP contribution in [-0.2, 0) is 10.2 Å². The highest BCUT2D eigenvalue weighted by molar-refractivity contribution is 5.77. The van der Waals surface area contributed by atoms with Crippen molar-refractivity contribution in [1.29, 1.82) is 0 Å². The van der Waals surface area contributed by atoms with Crippen LogP contribution in [0.15, 0.2) is 24.3 Å². The number of fused-ring (bicyclic) bond motifs is 2. The van der Waals surface area contributed by atoms with Gasteiger partial charge in [0, 0.05) is 38.6 Å². The molecule has 5 heteroatoms. The zero-order chi connectivity index (χ0) is 19.7. The van der Waals surface area contributed by atoms with Crippen molar-refractivity contribution >= 4 is 11.9 Å². The molecule has 1 aromatic rings. The summed E-state index contributed by atoms with van der Waals surface area (Å²) in [6.45, 7) is 7.50. The Labute approximate surface area is 168 Å². The summed E-state index contributed by atoms with van der Waals surface area (Å²) in [7, 11) is 0. The number of carbonyl (C=O) groups excluding carboxylic acids is 2. The van der Waals surface area contributed by atoms with E-state index in [-0.39, 0.29) is 29.3 Å². The van der Waals surface area contributed by atoms with Gasteiger partial charge in [-0.3, -0.25) is 4.79 Å². The lowest BCUT2D eigenvalue weighted by Gasteiger charge is -2.41. The summed E-state index contributed by atoms with van der Waals surface area (Å²) >= 11 is 0. The number of urea groups is 1. The van der Waals surface area contributed by atoms with E-state index in [0.29, 0.717) is 6.42 Å². The molecule has 1 aromatic carbocycles. The van der Waals surface area contributed by atoms with E-state index in [4.69, 9.17) is 0 Å². The molecule has 0 bridgehead atoms. The monoisotopic (exact) mass is 383 g/mol. The second-order valence-electron chi connectivity index (χ2n) is 9.16. The van der Waals surface area contributed by atoms with E-state index in [2.05, 4.69) is 34.5 Å². The van der Waals surface area contributed by atoms with Crippen molar-refractivity contribution in [2.45, 2.75) is 69.7 Å². The number of piperidine rings is 1. The zero-order valence-corrected chi connectivity index (χ0v) is 17.2. The van der Waals surface area contributed by atoms with E-state index >= 15 is 0 Å². The van der Waals surface area contributed by atoms with Crippen molar-refractivity contribution in [3.8, 4) is 0 Å². The fourth-order valence-electron chi connectivity index (χ4n) is 5.52. The van der Waals surface area contributed by atoms with Gasteiger partial charge in [-0.25, -0.2) is 4.79 Å². The lowest BCUT2D eigenvalue weighted by Crippen LogP contribution is -2.49. The zero-order valence-electron chi connectivity index (χ0n) is 17.2. The number of carbonyl (C=O) groups is 2. The lowest BCUT2D eigenvalue weighted by atomic mass is 9.73. The Morgan fingerprint density at radius 3 is 2.39 bits per heavy atom. The van der Waals surface area contributed by atoms with Crippen LogP contribution in [0, 0.1) is 0 Å². The fraction of sp³-hybridized carbons (Fsp3) is 0.652. The van der Waals surface area contributed by atoms with Crippen LogP contribution in [0.4, 0.5) is 4.79 Å². The van der Waals surface area contributed by atoms with Crippen LogP contribution < -0.4 is 5.32 Å². The number of hydrogen-bond donors (Lipinski definition) is 1. The molecule has 28 heavy (non-hydrogen) atoms. The number of rotatable bonds is 3. The summed E-state index contributed by atoms with van der Waals surface area (Å²) in [5, 5.41) is 3.05. The van der Waals surface area contributed by atoms with Gasteiger partial charge in [0.15, 0.2) is 0 Å². The van der Waals surface area contributed by atoms with Gasteiger partial charge in [0.05, 0.1) is 0 Å². The quantitative estimate of drug-likeness (QED) is 0.866. The molecule has 1 aliphatic carbocycles. The highest BCUT2D eigenvalue weighted by Crippen LogP contribution is 2.52. The van der Waals surface area contributed by atoms with E-state index in [1.807, 2.05) is 18.7 Å². The molecule has 2 heterocycles. The molecule has 1 N–H and O–H groups in total. The number of nitrogens with one attached hydrogen (secondary N) is 1. The van der Waals surface area contributed by atoms with Crippen LogP contribution >= 0.6 is 0 Å². The Morgan fingerprint density at radius 1 is 1.07 bits per heavy atom. The first-order chi connectivity index (χ1) is 13.5. The third-order valence-electron chi connectivity index (χ3n) is 6.86. The number of amides is 3. The average Bonchev–Trinajstić information content (AvgIpc) is 3.30. The molecule has 0 radical (unpaired) electrons. The molecule has 2 saturated heterocycles. The third kappa shape index (κ3) is 3.63. The van der Waals surface area contributed by atoms with Crippen molar-refractivity contribution in [3.63, 3.8) is 0 Å². The standard InChI is InChI=1S/C23H33N3O2/c1-17(2)24-21(27)15-18-16-23(20-8-4-3-7-19(18)20)9-13-26(14-10-23)22(28)25-11-5-6-12-25/h3-4,7-8,17-18H,5-6,9-16H2,1-2H3,(H,24,27)/t18-/m1/s1. The number of nitrogens with zero attached hydrogens (tertiary/aromatic N) is 2. The van der Waals surface area contributed by atoms with E-state index in [0.717, 1.165) is 58.3 Å². The number of likely N-dealkylation sites (tertiary alicyclic amines) is 2. The third-order valence-corrected chi connectivity index (χ3v) is 6.86. The minimum atomic E-state index is 0.126. The summed E-state index contributed by atoms with van der Waals surface area (Å²) in [5.41, 5.74) is 2.90. The predicted octanol–water partition coefficient (Wildman–Crippen LogP) is 3.64. The van der Waals surface area contributed by atoms with Crippen LogP contribution in [0.1, 0.15) is 69.4 Å². The second-order valence-corrected chi connectivity index (χ2v) is 9.16. The molecule has 152 valence electrons. The van der Waals surface area contributed by atoms with Gasteiger partial charge in [0.2, 0.25) is 5.91 Å². The SMILES string of the molecule is CC(C)NC(=O)C[C@@H]1CC2(CCN(C(=O)N3CCCC3)CC2)c2ccccc21. The van der Waals surface area contributed by atoms with Crippen molar-refractivity contribution in [1.82, 2.24) is 15.1 Å². The number of benzene rings is 1. The summed E-state index contributed by atoms with van der Waals surface area (Å²) in [6.07, 6.45) is 5.88. The summed E-state index contributed by atoms with van der Waals surface area (Å²) in [4.78, 5) is 29.2. The van der Waals surface area contributed by atoms with Gasteiger partial charge in [-0.05, 0) is 68.4 Å². The maximum atomic E-state index is 12.8. The molecule has 3 aliphatic rings. The average molecular weight is 384 g/mol. The Hall–Kier alpha value is -2.04. The first-order valence-corrected chi connectivity index (χ1v) is 10.9. The van der Waals surface area contributed by atoms with Gasteiger partial charge in [-0.15, -0.1) is 0 Å². The molecule has 3 amide bonds. The first kappa shape index (κ1) is 19.3. The Bertz CT molecular complexity index is 731. The van der Waals surface area contributed by atoms with E-state index < -0.39 is 0 Å². The van der Waals surface area contributed by atoms with Crippen molar-refractivity contribution in [2.75, 3.05) is 26.2 Å². The highest BCUT2D eigenvalue weighted by Gasteiger charge is 2.46. The van der Waals surface area contributed by atoms with Crippen LogP contribution in [0.2, 0.25) is 0 Å². The topological polar surface area (TPSA) is 52.7 Å². The molecular formula is C23H33N3O2. The molecule has 0 aromatic heterocycles. The molecule has 2 aliphatic heterocycles. The van der Waals surface area contributed by atoms with E-state index in [1.165, 1.54) is 11.1 Å². The Kier molecular flexibility index (Phi) is 5.35. The van der Waals surface area contributed by atoms with Gasteiger partial charge < -0.3 is 15.1 Å². The molecule has 5 nitrogen and oxygen atoms in total. The van der Waals surface area contributed by atoms with Crippen LogP contribution in [0.5, 0.6) is 0 Å². The molecule has 4 rings (SSSR count).